The van der Waals surface area contributed by atoms with Crippen LogP contribution < -0.4 is 0 Å². The highest BCUT2D eigenvalue weighted by molar-refractivity contribution is 5.78. The summed E-state index contributed by atoms with van der Waals surface area (Å²) >= 11 is 0. The summed E-state index contributed by atoms with van der Waals surface area (Å²) in [6.45, 7) is 9.78. The van der Waals surface area contributed by atoms with Gasteiger partial charge in [0.2, 0.25) is 5.91 Å². The number of likely N-dealkylation sites (N-methyl/N-ethyl adjacent to an activating group) is 1. The van der Waals surface area contributed by atoms with Crippen LogP contribution in [0.4, 0.5) is 0 Å². The van der Waals surface area contributed by atoms with E-state index in [0.29, 0.717) is 6.54 Å². The Hall–Kier alpha value is -1.16. The summed E-state index contributed by atoms with van der Waals surface area (Å²) in [6, 6.07) is 2.39. The van der Waals surface area contributed by atoms with Crippen molar-refractivity contribution in [3.05, 3.63) is 0 Å². The molecule has 1 amide bonds. The molecule has 21 heavy (non-hydrogen) atoms. The lowest BCUT2D eigenvalue weighted by Gasteiger charge is -2.38. The number of rotatable bonds is 4. The second kappa shape index (κ2) is 7.74. The number of hydrogen-bond acceptors (Lipinski definition) is 5. The van der Waals surface area contributed by atoms with Gasteiger partial charge in [0.25, 0.3) is 0 Å². The van der Waals surface area contributed by atoms with Gasteiger partial charge in [-0.25, -0.2) is 0 Å². The average Bonchev–Trinajstić information content (AvgIpc) is 2.51. The van der Waals surface area contributed by atoms with Crippen LogP contribution >= 0.6 is 0 Å². The summed E-state index contributed by atoms with van der Waals surface area (Å²) in [4.78, 5) is 21.0. The van der Waals surface area contributed by atoms with Gasteiger partial charge in [-0.2, -0.15) is 5.26 Å². The first-order valence-electron chi connectivity index (χ1n) is 7.96. The summed E-state index contributed by atoms with van der Waals surface area (Å²) in [5.74, 6) is 0.254. The number of piperazine rings is 2. The summed E-state index contributed by atoms with van der Waals surface area (Å²) in [5.41, 5.74) is 0. The fourth-order valence-corrected chi connectivity index (χ4v) is 3.01. The Morgan fingerprint density at radius 1 is 1.10 bits per heavy atom. The molecule has 2 aliphatic heterocycles. The zero-order valence-corrected chi connectivity index (χ0v) is 13.3. The van der Waals surface area contributed by atoms with E-state index in [1.165, 1.54) is 0 Å². The van der Waals surface area contributed by atoms with Crippen LogP contribution in [0.15, 0.2) is 0 Å². The Balaban J connectivity index is 1.73. The molecule has 0 aromatic heterocycles. The Labute approximate surface area is 127 Å². The number of carbonyl (C=O) groups is 1. The smallest absolute Gasteiger partial charge is 0.236 e. The van der Waals surface area contributed by atoms with Gasteiger partial charge in [-0.3, -0.25) is 14.6 Å². The molecule has 0 saturated carbocycles. The molecule has 6 heteroatoms. The molecular weight excluding hydrogens is 266 g/mol. The van der Waals surface area contributed by atoms with Crippen molar-refractivity contribution < 1.29 is 4.79 Å². The topological polar surface area (TPSA) is 53.8 Å². The SMILES string of the molecule is CCC(C#N)N1CCN(CC(=O)N2CCN(C)CC2)CC1. The highest BCUT2D eigenvalue weighted by Gasteiger charge is 2.26. The molecule has 2 aliphatic rings. The van der Waals surface area contributed by atoms with Crippen molar-refractivity contribution >= 4 is 5.91 Å². The highest BCUT2D eigenvalue weighted by Crippen LogP contribution is 2.09. The van der Waals surface area contributed by atoms with Crippen molar-refractivity contribution in [3.8, 4) is 6.07 Å². The zero-order chi connectivity index (χ0) is 15.2. The molecule has 0 spiro atoms. The van der Waals surface area contributed by atoms with E-state index in [0.717, 1.165) is 58.8 Å². The largest absolute Gasteiger partial charge is 0.339 e. The Bertz CT molecular complexity index is 378. The van der Waals surface area contributed by atoms with Gasteiger partial charge < -0.3 is 9.80 Å². The second-order valence-electron chi connectivity index (χ2n) is 6.05. The molecule has 0 bridgehead atoms. The Morgan fingerprint density at radius 2 is 1.71 bits per heavy atom. The van der Waals surface area contributed by atoms with Crippen LogP contribution in [-0.4, -0.2) is 97.5 Å². The van der Waals surface area contributed by atoms with Crippen LogP contribution in [-0.2, 0) is 4.79 Å². The molecule has 2 saturated heterocycles. The third kappa shape index (κ3) is 4.40. The van der Waals surface area contributed by atoms with Crippen molar-refractivity contribution in [1.29, 1.82) is 5.26 Å². The standard InChI is InChI=1S/C15H27N5O/c1-3-14(12-16)19-10-6-18(7-11-19)13-15(21)20-8-4-17(2)5-9-20/h14H,3-11,13H2,1-2H3. The normalized spacial score (nSPS) is 23.8. The third-order valence-corrected chi connectivity index (χ3v) is 4.60. The maximum Gasteiger partial charge on any atom is 0.236 e. The summed E-state index contributed by atoms with van der Waals surface area (Å²) < 4.78 is 0. The first kappa shape index (κ1) is 16.2. The lowest BCUT2D eigenvalue weighted by atomic mass is 10.2. The molecule has 1 atom stereocenters. The number of hydrogen-bond donors (Lipinski definition) is 0. The van der Waals surface area contributed by atoms with Gasteiger partial charge in [-0.15, -0.1) is 0 Å². The predicted octanol–water partition coefficient (Wildman–Crippen LogP) is -0.320. The Morgan fingerprint density at radius 3 is 2.24 bits per heavy atom. The van der Waals surface area contributed by atoms with Crippen molar-refractivity contribution in [2.24, 2.45) is 0 Å². The molecule has 6 nitrogen and oxygen atoms in total. The first-order chi connectivity index (χ1) is 10.1. The minimum Gasteiger partial charge on any atom is -0.339 e. The molecule has 0 aromatic carbocycles. The lowest BCUT2D eigenvalue weighted by molar-refractivity contribution is -0.134. The molecule has 0 aliphatic carbocycles. The van der Waals surface area contributed by atoms with Crippen molar-refractivity contribution in [3.63, 3.8) is 0 Å². The molecule has 1 unspecified atom stereocenters. The summed E-state index contributed by atoms with van der Waals surface area (Å²) in [6.07, 6.45) is 0.872. The fraction of sp³-hybridized carbons (Fsp3) is 0.867. The van der Waals surface area contributed by atoms with E-state index in [1.54, 1.807) is 0 Å². The van der Waals surface area contributed by atoms with E-state index in [4.69, 9.17) is 5.26 Å². The van der Waals surface area contributed by atoms with Crippen molar-refractivity contribution in [1.82, 2.24) is 19.6 Å². The lowest BCUT2D eigenvalue weighted by Crippen LogP contribution is -2.54. The van der Waals surface area contributed by atoms with Crippen molar-refractivity contribution in [2.75, 3.05) is 66.0 Å². The number of nitrogens with zero attached hydrogens (tertiary/aromatic N) is 5. The number of amides is 1. The van der Waals surface area contributed by atoms with Gasteiger partial charge in [0.05, 0.1) is 18.7 Å². The molecule has 0 aromatic rings. The monoisotopic (exact) mass is 293 g/mol. The summed E-state index contributed by atoms with van der Waals surface area (Å²) in [5, 5.41) is 9.11. The summed E-state index contributed by atoms with van der Waals surface area (Å²) in [7, 11) is 2.10. The van der Waals surface area contributed by atoms with E-state index in [-0.39, 0.29) is 11.9 Å². The third-order valence-electron chi connectivity index (χ3n) is 4.60. The predicted molar refractivity (Wildman–Crippen MR) is 81.8 cm³/mol. The molecule has 118 valence electrons. The quantitative estimate of drug-likeness (QED) is 0.711. The van der Waals surface area contributed by atoms with Crippen LogP contribution in [0.3, 0.4) is 0 Å². The molecule has 0 N–H and O–H groups in total. The second-order valence-corrected chi connectivity index (χ2v) is 6.05. The van der Waals surface area contributed by atoms with Crippen LogP contribution in [0.25, 0.3) is 0 Å². The van der Waals surface area contributed by atoms with E-state index in [2.05, 4.69) is 34.7 Å². The van der Waals surface area contributed by atoms with Gasteiger partial charge in [0.15, 0.2) is 0 Å². The van der Waals surface area contributed by atoms with Gasteiger partial charge >= 0.3 is 0 Å². The minimum absolute atomic E-state index is 0.0282. The molecular formula is C15H27N5O. The van der Waals surface area contributed by atoms with Gasteiger partial charge in [0.1, 0.15) is 0 Å². The maximum absolute atomic E-state index is 12.3. The van der Waals surface area contributed by atoms with Crippen LogP contribution in [0.1, 0.15) is 13.3 Å². The van der Waals surface area contributed by atoms with E-state index in [9.17, 15) is 4.79 Å². The van der Waals surface area contributed by atoms with Crippen LogP contribution in [0, 0.1) is 11.3 Å². The average molecular weight is 293 g/mol. The zero-order valence-electron chi connectivity index (χ0n) is 13.3. The van der Waals surface area contributed by atoms with Gasteiger partial charge in [0, 0.05) is 52.4 Å². The fourth-order valence-electron chi connectivity index (χ4n) is 3.01. The van der Waals surface area contributed by atoms with Gasteiger partial charge in [-0.1, -0.05) is 6.92 Å². The van der Waals surface area contributed by atoms with Crippen molar-refractivity contribution in [2.45, 2.75) is 19.4 Å². The van der Waals surface area contributed by atoms with E-state index in [1.807, 2.05) is 4.90 Å². The number of nitriles is 1. The Kier molecular flexibility index (Phi) is 5.97. The van der Waals surface area contributed by atoms with Gasteiger partial charge in [-0.05, 0) is 13.5 Å². The minimum atomic E-state index is 0.0282. The highest BCUT2D eigenvalue weighted by atomic mass is 16.2. The number of carbonyl (C=O) groups excluding carboxylic acids is 1. The molecule has 2 heterocycles. The molecule has 2 fully saturated rings. The van der Waals surface area contributed by atoms with E-state index >= 15 is 0 Å². The molecule has 2 rings (SSSR count). The first-order valence-corrected chi connectivity index (χ1v) is 7.96. The maximum atomic E-state index is 12.3. The van der Waals surface area contributed by atoms with Crippen LogP contribution in [0.2, 0.25) is 0 Å². The van der Waals surface area contributed by atoms with E-state index < -0.39 is 0 Å². The van der Waals surface area contributed by atoms with Crippen LogP contribution in [0.5, 0.6) is 0 Å². The molecule has 0 radical (unpaired) electrons.